The third kappa shape index (κ3) is 5.52. The zero-order chi connectivity index (χ0) is 20.8. The number of hydrogen-bond donors (Lipinski definition) is 3. The van der Waals surface area contributed by atoms with Crippen LogP contribution in [-0.4, -0.2) is 35.9 Å². The fourth-order valence-corrected chi connectivity index (χ4v) is 2.58. The third-order valence-corrected chi connectivity index (χ3v) is 4.02. The van der Waals surface area contributed by atoms with Crippen molar-refractivity contribution in [3.8, 4) is 0 Å². The molecule has 0 aliphatic carbocycles. The average molecular weight is 390 g/mol. The largest absolute Gasteiger partial charge is 0.378 e. The Balaban J connectivity index is 1.66. The Bertz CT molecular complexity index is 1000. The highest BCUT2D eigenvalue weighted by atomic mass is 16.2. The van der Waals surface area contributed by atoms with Crippen molar-refractivity contribution in [3.63, 3.8) is 0 Å². The zero-order valence-corrected chi connectivity index (χ0v) is 16.4. The first-order valence-corrected chi connectivity index (χ1v) is 8.96. The van der Waals surface area contributed by atoms with Crippen LogP contribution in [0.5, 0.6) is 0 Å². The van der Waals surface area contributed by atoms with Crippen LogP contribution in [0.4, 0.5) is 28.6 Å². The third-order valence-electron chi connectivity index (χ3n) is 4.02. The highest BCUT2D eigenvalue weighted by Crippen LogP contribution is 2.19. The molecule has 0 atom stereocenters. The predicted molar refractivity (Wildman–Crippen MR) is 115 cm³/mol. The number of hydrogen-bond acceptors (Lipinski definition) is 6. The second-order valence-electron chi connectivity index (χ2n) is 6.57. The van der Waals surface area contributed by atoms with Crippen LogP contribution in [0.2, 0.25) is 0 Å². The van der Waals surface area contributed by atoms with Crippen LogP contribution in [-0.2, 0) is 4.79 Å². The van der Waals surface area contributed by atoms with Gasteiger partial charge in [-0.15, -0.1) is 0 Å². The first-order valence-electron chi connectivity index (χ1n) is 8.96. The highest BCUT2D eigenvalue weighted by molar-refractivity contribution is 6.03. The van der Waals surface area contributed by atoms with Crippen LogP contribution < -0.4 is 20.9 Å². The number of carbonyl (C=O) groups excluding carboxylic acids is 2. The second-order valence-corrected chi connectivity index (χ2v) is 6.57. The van der Waals surface area contributed by atoms with Gasteiger partial charge in [0, 0.05) is 49.8 Å². The second kappa shape index (κ2) is 8.83. The van der Waals surface area contributed by atoms with E-state index < -0.39 is 0 Å². The molecule has 29 heavy (non-hydrogen) atoms. The van der Waals surface area contributed by atoms with Crippen molar-refractivity contribution in [2.75, 3.05) is 34.9 Å². The Morgan fingerprint density at radius 3 is 2.00 bits per heavy atom. The Morgan fingerprint density at radius 1 is 0.828 bits per heavy atom. The van der Waals surface area contributed by atoms with Crippen molar-refractivity contribution < 1.29 is 9.59 Å². The number of carbonyl (C=O) groups is 2. The number of aromatic nitrogens is 2. The van der Waals surface area contributed by atoms with E-state index in [0.29, 0.717) is 17.2 Å². The normalized spacial score (nSPS) is 10.2. The zero-order valence-electron chi connectivity index (χ0n) is 16.4. The molecule has 8 nitrogen and oxygen atoms in total. The van der Waals surface area contributed by atoms with Gasteiger partial charge in [0.05, 0.1) is 0 Å². The van der Waals surface area contributed by atoms with Gasteiger partial charge < -0.3 is 20.9 Å². The van der Waals surface area contributed by atoms with Crippen LogP contribution >= 0.6 is 0 Å². The molecule has 3 N–H and O–H groups in total. The lowest BCUT2D eigenvalue weighted by Gasteiger charge is -2.13. The molecule has 0 unspecified atom stereocenters. The molecule has 3 aromatic rings. The average Bonchev–Trinajstić information content (AvgIpc) is 2.70. The molecule has 0 bridgehead atoms. The van der Waals surface area contributed by atoms with E-state index in [9.17, 15) is 9.59 Å². The van der Waals surface area contributed by atoms with E-state index in [1.165, 1.54) is 13.3 Å². The lowest BCUT2D eigenvalue weighted by atomic mass is 10.2. The summed E-state index contributed by atoms with van der Waals surface area (Å²) in [6, 6.07) is 16.3. The molecule has 2 aromatic carbocycles. The van der Waals surface area contributed by atoms with Crippen molar-refractivity contribution in [3.05, 3.63) is 66.6 Å². The first kappa shape index (κ1) is 19.8. The maximum absolute atomic E-state index is 12.5. The van der Waals surface area contributed by atoms with Crippen LogP contribution in [0.25, 0.3) is 0 Å². The molecule has 0 aliphatic heterocycles. The predicted octanol–water partition coefficient (Wildman–Crippen LogP) is 3.50. The first-order chi connectivity index (χ1) is 13.9. The minimum atomic E-state index is -0.356. The summed E-state index contributed by atoms with van der Waals surface area (Å²) < 4.78 is 0. The number of benzene rings is 2. The Morgan fingerprint density at radius 2 is 1.41 bits per heavy atom. The summed E-state index contributed by atoms with van der Waals surface area (Å²) in [4.78, 5) is 33.8. The van der Waals surface area contributed by atoms with Crippen molar-refractivity contribution in [1.82, 2.24) is 9.97 Å². The van der Waals surface area contributed by atoms with E-state index in [4.69, 9.17) is 0 Å². The van der Waals surface area contributed by atoms with Gasteiger partial charge in [-0.2, -0.15) is 0 Å². The van der Waals surface area contributed by atoms with E-state index in [-0.39, 0.29) is 17.5 Å². The smallest absolute Gasteiger partial charge is 0.274 e. The molecule has 0 radical (unpaired) electrons. The van der Waals surface area contributed by atoms with Gasteiger partial charge >= 0.3 is 0 Å². The molecule has 0 aliphatic rings. The van der Waals surface area contributed by atoms with E-state index in [2.05, 4.69) is 25.9 Å². The van der Waals surface area contributed by atoms with Gasteiger partial charge in [0.1, 0.15) is 17.8 Å². The molecule has 2 amide bonds. The summed E-state index contributed by atoms with van der Waals surface area (Å²) in [7, 11) is 3.95. The maximum atomic E-state index is 12.5. The monoisotopic (exact) mass is 390 g/mol. The molecule has 1 aromatic heterocycles. The van der Waals surface area contributed by atoms with E-state index in [0.717, 1.165) is 11.4 Å². The molecule has 148 valence electrons. The topological polar surface area (TPSA) is 99.2 Å². The summed E-state index contributed by atoms with van der Waals surface area (Å²) in [6.07, 6.45) is 1.34. The minimum absolute atomic E-state index is 0.154. The molecule has 0 fully saturated rings. The SMILES string of the molecule is CC(=O)Nc1ccc(NC(=O)c2cc(Nc3ccc(N(C)C)cc3)ncn2)cc1. The van der Waals surface area contributed by atoms with Gasteiger partial charge in [0.25, 0.3) is 5.91 Å². The van der Waals surface area contributed by atoms with Gasteiger partial charge in [0.15, 0.2) is 0 Å². The quantitative estimate of drug-likeness (QED) is 0.596. The summed E-state index contributed by atoms with van der Waals surface area (Å²) in [5.41, 5.74) is 3.43. The fraction of sp³-hybridized carbons (Fsp3) is 0.143. The lowest BCUT2D eigenvalue weighted by Crippen LogP contribution is -2.14. The molecule has 0 saturated carbocycles. The number of rotatable bonds is 6. The summed E-state index contributed by atoms with van der Waals surface area (Å²) in [5.74, 6) is 0.00796. The summed E-state index contributed by atoms with van der Waals surface area (Å²) >= 11 is 0. The molecule has 8 heteroatoms. The van der Waals surface area contributed by atoms with Gasteiger partial charge in [-0.25, -0.2) is 9.97 Å². The van der Waals surface area contributed by atoms with E-state index in [1.807, 2.05) is 43.3 Å². The molecule has 1 heterocycles. The van der Waals surface area contributed by atoms with Crippen molar-refractivity contribution in [2.45, 2.75) is 6.92 Å². The van der Waals surface area contributed by atoms with Gasteiger partial charge in [-0.3, -0.25) is 9.59 Å². The van der Waals surface area contributed by atoms with Gasteiger partial charge in [0.2, 0.25) is 5.91 Å². The van der Waals surface area contributed by atoms with Gasteiger partial charge in [-0.1, -0.05) is 0 Å². The standard InChI is InChI=1S/C21H22N6O2/c1-14(28)24-15-4-6-17(7-5-15)26-21(29)19-12-20(23-13-22-19)25-16-8-10-18(11-9-16)27(2)3/h4-13H,1-3H3,(H,24,28)(H,26,29)(H,22,23,25). The Kier molecular flexibility index (Phi) is 6.03. The Hall–Kier alpha value is -3.94. The highest BCUT2D eigenvalue weighted by Gasteiger charge is 2.10. The number of anilines is 5. The summed E-state index contributed by atoms with van der Waals surface area (Å²) in [6.45, 7) is 1.44. The van der Waals surface area contributed by atoms with E-state index >= 15 is 0 Å². The minimum Gasteiger partial charge on any atom is -0.378 e. The van der Waals surface area contributed by atoms with Gasteiger partial charge in [-0.05, 0) is 48.5 Å². The Labute approximate surface area is 169 Å². The number of amides is 2. The lowest BCUT2D eigenvalue weighted by molar-refractivity contribution is -0.114. The fourth-order valence-electron chi connectivity index (χ4n) is 2.58. The molecular formula is C21H22N6O2. The maximum Gasteiger partial charge on any atom is 0.274 e. The van der Waals surface area contributed by atoms with Crippen LogP contribution in [0, 0.1) is 0 Å². The summed E-state index contributed by atoms with van der Waals surface area (Å²) in [5, 5.41) is 8.61. The van der Waals surface area contributed by atoms with Crippen molar-refractivity contribution in [1.29, 1.82) is 0 Å². The molecule has 0 saturated heterocycles. The van der Waals surface area contributed by atoms with Crippen molar-refractivity contribution >= 4 is 40.4 Å². The van der Waals surface area contributed by atoms with Crippen molar-refractivity contribution in [2.24, 2.45) is 0 Å². The number of nitrogens with zero attached hydrogens (tertiary/aromatic N) is 3. The van der Waals surface area contributed by atoms with Crippen LogP contribution in [0.1, 0.15) is 17.4 Å². The molecular weight excluding hydrogens is 368 g/mol. The van der Waals surface area contributed by atoms with E-state index in [1.54, 1.807) is 30.3 Å². The van der Waals surface area contributed by atoms with Crippen LogP contribution in [0.3, 0.4) is 0 Å². The number of nitrogens with one attached hydrogen (secondary N) is 3. The molecule has 3 rings (SSSR count). The molecule has 0 spiro atoms. The van der Waals surface area contributed by atoms with Crippen LogP contribution in [0.15, 0.2) is 60.9 Å².